The molecule has 1 aromatic carbocycles. The topological polar surface area (TPSA) is 78.5 Å². The third kappa shape index (κ3) is 4.27. The third-order valence-electron chi connectivity index (χ3n) is 6.86. The lowest BCUT2D eigenvalue weighted by Gasteiger charge is -2.42. The van der Waals surface area contributed by atoms with Gasteiger partial charge >= 0.3 is 6.03 Å². The summed E-state index contributed by atoms with van der Waals surface area (Å²) in [6.07, 6.45) is 4.12. The number of nitrogens with zero attached hydrogens (tertiary/aromatic N) is 1. The summed E-state index contributed by atoms with van der Waals surface area (Å²) >= 11 is 6.09. The minimum Gasteiger partial charge on any atom is -0.324 e. The average molecular weight is 420 g/mol. The van der Waals surface area contributed by atoms with Crippen molar-refractivity contribution in [1.29, 1.82) is 0 Å². The Morgan fingerprint density at radius 2 is 1.97 bits per heavy atom. The van der Waals surface area contributed by atoms with Crippen molar-refractivity contribution in [2.45, 2.75) is 65.3 Å². The number of anilines is 1. The number of carbonyl (C=O) groups excluding carboxylic acids is 3. The molecule has 1 aliphatic heterocycles. The SMILES string of the molecule is CCC(C)(C)C1CCC2(CC1)NC(=O)N(CC(=O)Nc1ccc(C)c(Cl)c1)C2=O. The van der Waals surface area contributed by atoms with E-state index in [1.54, 1.807) is 18.2 Å². The van der Waals surface area contributed by atoms with Gasteiger partial charge in [-0.1, -0.05) is 44.9 Å². The lowest BCUT2D eigenvalue weighted by atomic mass is 9.65. The average Bonchev–Trinajstić information content (AvgIpc) is 2.89. The molecule has 0 unspecified atom stereocenters. The quantitative estimate of drug-likeness (QED) is 0.689. The summed E-state index contributed by atoms with van der Waals surface area (Å²) in [5.74, 6) is -0.176. The zero-order valence-electron chi connectivity index (χ0n) is 17.6. The van der Waals surface area contributed by atoms with E-state index in [2.05, 4.69) is 31.4 Å². The molecule has 7 heteroatoms. The highest BCUT2D eigenvalue weighted by atomic mass is 35.5. The maximum atomic E-state index is 13.0. The molecule has 2 aliphatic rings. The Balaban J connectivity index is 1.63. The number of imide groups is 1. The molecule has 2 fully saturated rings. The van der Waals surface area contributed by atoms with Crippen molar-refractivity contribution in [1.82, 2.24) is 10.2 Å². The second kappa shape index (κ2) is 7.98. The molecule has 0 atom stereocenters. The molecule has 3 rings (SSSR count). The summed E-state index contributed by atoms with van der Waals surface area (Å²) < 4.78 is 0. The van der Waals surface area contributed by atoms with Gasteiger partial charge in [0.05, 0.1) is 0 Å². The predicted molar refractivity (Wildman–Crippen MR) is 114 cm³/mol. The molecule has 1 saturated heterocycles. The van der Waals surface area contributed by atoms with Crippen LogP contribution in [0.1, 0.15) is 58.4 Å². The minimum absolute atomic E-state index is 0.224. The number of aryl methyl sites for hydroxylation is 1. The molecule has 1 spiro atoms. The molecular weight excluding hydrogens is 390 g/mol. The van der Waals surface area contributed by atoms with Gasteiger partial charge in [0.25, 0.3) is 5.91 Å². The van der Waals surface area contributed by atoms with Gasteiger partial charge in [-0.25, -0.2) is 4.79 Å². The minimum atomic E-state index is -0.856. The van der Waals surface area contributed by atoms with Gasteiger partial charge in [-0.2, -0.15) is 0 Å². The van der Waals surface area contributed by atoms with Crippen LogP contribution in [0.3, 0.4) is 0 Å². The van der Waals surface area contributed by atoms with Gasteiger partial charge in [-0.3, -0.25) is 14.5 Å². The second-order valence-corrected chi connectivity index (χ2v) is 9.44. The highest BCUT2D eigenvalue weighted by Gasteiger charge is 2.53. The summed E-state index contributed by atoms with van der Waals surface area (Å²) in [6.45, 7) is 8.28. The van der Waals surface area contributed by atoms with Crippen LogP contribution in [0.4, 0.5) is 10.5 Å². The number of hydrogen-bond acceptors (Lipinski definition) is 3. The third-order valence-corrected chi connectivity index (χ3v) is 7.27. The molecule has 29 heavy (non-hydrogen) atoms. The summed E-state index contributed by atoms with van der Waals surface area (Å²) in [5.41, 5.74) is 0.810. The fourth-order valence-corrected chi connectivity index (χ4v) is 4.53. The number of amides is 4. The van der Waals surface area contributed by atoms with Crippen LogP contribution < -0.4 is 10.6 Å². The van der Waals surface area contributed by atoms with Crippen LogP contribution in [-0.4, -0.2) is 34.8 Å². The molecule has 0 radical (unpaired) electrons. The number of carbonyl (C=O) groups is 3. The highest BCUT2D eigenvalue weighted by molar-refractivity contribution is 6.31. The molecule has 6 nitrogen and oxygen atoms in total. The van der Waals surface area contributed by atoms with Crippen molar-refractivity contribution in [3.05, 3.63) is 28.8 Å². The van der Waals surface area contributed by atoms with Crippen molar-refractivity contribution in [3.63, 3.8) is 0 Å². The number of benzene rings is 1. The van der Waals surface area contributed by atoms with Gasteiger partial charge in [-0.15, -0.1) is 0 Å². The summed E-state index contributed by atoms with van der Waals surface area (Å²) in [7, 11) is 0. The molecule has 0 bridgehead atoms. The Hall–Kier alpha value is -2.08. The zero-order chi connectivity index (χ0) is 21.4. The van der Waals surface area contributed by atoms with Crippen LogP contribution in [0, 0.1) is 18.3 Å². The smallest absolute Gasteiger partial charge is 0.324 e. The van der Waals surface area contributed by atoms with Crippen molar-refractivity contribution < 1.29 is 14.4 Å². The second-order valence-electron chi connectivity index (χ2n) is 9.03. The number of nitrogens with one attached hydrogen (secondary N) is 2. The summed E-state index contributed by atoms with van der Waals surface area (Å²) in [5, 5.41) is 6.13. The fourth-order valence-electron chi connectivity index (χ4n) is 4.35. The van der Waals surface area contributed by atoms with Crippen molar-refractivity contribution >= 4 is 35.1 Å². The van der Waals surface area contributed by atoms with E-state index in [1.165, 1.54) is 0 Å². The van der Waals surface area contributed by atoms with Crippen LogP contribution in [0.5, 0.6) is 0 Å². The largest absolute Gasteiger partial charge is 0.325 e. The Morgan fingerprint density at radius 1 is 1.31 bits per heavy atom. The molecule has 1 aromatic rings. The van der Waals surface area contributed by atoms with E-state index in [-0.39, 0.29) is 17.9 Å². The fraction of sp³-hybridized carbons (Fsp3) is 0.591. The van der Waals surface area contributed by atoms with Crippen LogP contribution in [-0.2, 0) is 9.59 Å². The predicted octanol–water partition coefficient (Wildman–Crippen LogP) is 4.50. The Labute approximate surface area is 177 Å². The van der Waals surface area contributed by atoms with Crippen molar-refractivity contribution in [2.75, 3.05) is 11.9 Å². The Morgan fingerprint density at radius 3 is 2.55 bits per heavy atom. The van der Waals surface area contributed by atoms with E-state index in [0.29, 0.717) is 29.5 Å². The molecule has 2 N–H and O–H groups in total. The lowest BCUT2D eigenvalue weighted by Crippen LogP contribution is -2.51. The van der Waals surface area contributed by atoms with Gasteiger partial charge < -0.3 is 10.6 Å². The van der Waals surface area contributed by atoms with Gasteiger partial charge in [0.2, 0.25) is 5.91 Å². The maximum absolute atomic E-state index is 13.0. The van der Waals surface area contributed by atoms with Crippen molar-refractivity contribution in [3.8, 4) is 0 Å². The number of urea groups is 1. The molecule has 4 amide bonds. The highest BCUT2D eigenvalue weighted by Crippen LogP contribution is 2.45. The Kier molecular flexibility index (Phi) is 5.95. The van der Waals surface area contributed by atoms with E-state index in [9.17, 15) is 14.4 Å². The van der Waals surface area contributed by atoms with Gasteiger partial charge in [-0.05, 0) is 61.6 Å². The molecule has 0 aromatic heterocycles. The van der Waals surface area contributed by atoms with Crippen LogP contribution >= 0.6 is 11.6 Å². The van der Waals surface area contributed by atoms with Crippen LogP contribution in [0.15, 0.2) is 18.2 Å². The van der Waals surface area contributed by atoms with Crippen LogP contribution in [0.25, 0.3) is 0 Å². The standard InChI is InChI=1S/C22H30ClN3O3/c1-5-21(3,4)15-8-10-22(11-9-15)19(28)26(20(29)25-22)13-18(27)24-16-7-6-14(2)17(23)12-16/h6-7,12,15H,5,8-11,13H2,1-4H3,(H,24,27)(H,25,29). The number of hydrogen-bond donors (Lipinski definition) is 2. The monoisotopic (exact) mass is 419 g/mol. The van der Waals surface area contributed by atoms with E-state index >= 15 is 0 Å². The van der Waals surface area contributed by atoms with E-state index in [1.807, 2.05) is 6.92 Å². The van der Waals surface area contributed by atoms with E-state index < -0.39 is 17.5 Å². The van der Waals surface area contributed by atoms with Gasteiger partial charge in [0.15, 0.2) is 0 Å². The normalized spacial score (nSPS) is 24.7. The first kappa shape index (κ1) is 21.6. The summed E-state index contributed by atoms with van der Waals surface area (Å²) in [6, 6.07) is 4.71. The first-order valence-corrected chi connectivity index (χ1v) is 10.7. The number of halogens is 1. The Bertz CT molecular complexity index is 829. The van der Waals surface area contributed by atoms with Crippen LogP contribution in [0.2, 0.25) is 5.02 Å². The first-order valence-electron chi connectivity index (χ1n) is 10.3. The van der Waals surface area contributed by atoms with Gasteiger partial charge in [0.1, 0.15) is 12.1 Å². The summed E-state index contributed by atoms with van der Waals surface area (Å²) in [4.78, 5) is 39.0. The van der Waals surface area contributed by atoms with Gasteiger partial charge in [0, 0.05) is 10.7 Å². The number of rotatable bonds is 5. The molecule has 1 aliphatic carbocycles. The van der Waals surface area contributed by atoms with E-state index in [0.717, 1.165) is 29.7 Å². The first-order chi connectivity index (χ1) is 13.6. The molecule has 158 valence electrons. The molecule has 1 heterocycles. The molecule has 1 saturated carbocycles. The van der Waals surface area contributed by atoms with Crippen molar-refractivity contribution in [2.24, 2.45) is 11.3 Å². The zero-order valence-corrected chi connectivity index (χ0v) is 18.4. The lowest BCUT2D eigenvalue weighted by molar-refractivity contribution is -0.135. The maximum Gasteiger partial charge on any atom is 0.325 e. The molecular formula is C22H30ClN3O3. The van der Waals surface area contributed by atoms with E-state index in [4.69, 9.17) is 11.6 Å².